The molecule has 0 spiro atoms. The number of halogens is 1. The number of quaternary nitrogens is 1. The van der Waals surface area contributed by atoms with E-state index in [4.69, 9.17) is 18.6 Å². The Labute approximate surface area is 179 Å². The molecule has 3 N–H and O–H groups in total. The molecule has 3 aromatic carbocycles. The molecule has 1 aliphatic heterocycles. The van der Waals surface area contributed by atoms with Gasteiger partial charge >= 0.3 is 28.9 Å². The van der Waals surface area contributed by atoms with Crippen molar-refractivity contribution in [1.29, 1.82) is 0 Å². The molecule has 0 fully saturated rings. The van der Waals surface area contributed by atoms with Crippen molar-refractivity contribution in [1.82, 2.24) is 0 Å². The summed E-state index contributed by atoms with van der Waals surface area (Å²) in [6, 6.07) is 31.0. The Bertz CT molecular complexity index is 953. The van der Waals surface area contributed by atoms with E-state index in [1.807, 2.05) is 0 Å². The summed E-state index contributed by atoms with van der Waals surface area (Å²) in [5.41, 5.74) is 5.34. The summed E-state index contributed by atoms with van der Waals surface area (Å²) >= 11 is 0. The van der Waals surface area contributed by atoms with Crippen LogP contribution in [0.15, 0.2) is 84.9 Å². The Hall–Kier alpha value is -2.25. The average Bonchev–Trinajstić information content (AvgIpc) is 2.83. The van der Waals surface area contributed by atoms with E-state index in [9.17, 15) is 0 Å². The molecule has 3 aromatic rings. The summed E-state index contributed by atoms with van der Waals surface area (Å²) in [6.07, 6.45) is 0. The van der Waals surface area contributed by atoms with Gasteiger partial charge in [0.25, 0.3) is 0 Å². The molecule has 0 atom stereocenters. The molecule has 0 radical (unpaired) electrons. The van der Waals surface area contributed by atoms with Crippen molar-refractivity contribution < 1.29 is 33.4 Å². The molecule has 0 aliphatic carbocycles. The topological polar surface area (TPSA) is 83.8 Å². The Morgan fingerprint density at radius 1 is 0.667 bits per heavy atom. The van der Waals surface area contributed by atoms with Crippen LogP contribution in [0.2, 0.25) is 0 Å². The zero-order valence-corrected chi connectivity index (χ0v) is 18.4. The van der Waals surface area contributed by atoms with E-state index in [0.717, 1.165) is 4.48 Å². The van der Waals surface area contributed by atoms with Crippen molar-refractivity contribution in [2.24, 2.45) is 0 Å². The maximum absolute atomic E-state index is 8.83. The molecule has 0 bridgehead atoms. The third kappa shape index (κ3) is 3.54. The molecule has 6 heteroatoms. The van der Waals surface area contributed by atoms with Crippen LogP contribution < -0.4 is 4.66 Å². The molecule has 0 saturated carbocycles. The fraction of sp³-hybridized carbons (Fsp3) is 0.250. The van der Waals surface area contributed by atoms with Crippen molar-refractivity contribution in [3.63, 3.8) is 0 Å². The van der Waals surface area contributed by atoms with Crippen LogP contribution in [0.5, 0.6) is 0 Å². The second kappa shape index (κ2) is 7.78. The summed E-state index contributed by atoms with van der Waals surface area (Å²) in [6.45, 7) is 4.75. The summed E-state index contributed by atoms with van der Waals surface area (Å²) in [4.78, 5) is 0. The molecular formula is C24H29ClNO4+. The molecule has 30 heavy (non-hydrogen) atoms. The van der Waals surface area contributed by atoms with Gasteiger partial charge in [0.2, 0.25) is 0 Å². The molecule has 5 nitrogen and oxygen atoms in total. The first-order valence-corrected chi connectivity index (χ1v) is 11.0. The van der Waals surface area contributed by atoms with Crippen molar-refractivity contribution in [2.45, 2.75) is 24.9 Å². The van der Waals surface area contributed by atoms with Crippen molar-refractivity contribution >= 4 is 0 Å². The van der Waals surface area contributed by atoms with Crippen LogP contribution in [0, 0.1) is 10.2 Å². The molecule has 4 rings (SSSR count). The van der Waals surface area contributed by atoms with Crippen molar-refractivity contribution in [3.05, 3.63) is 107 Å². The summed E-state index contributed by atoms with van der Waals surface area (Å²) < 4.78 is 31.1. The van der Waals surface area contributed by atoms with Crippen LogP contribution in [-0.4, -0.2) is 32.6 Å². The van der Waals surface area contributed by atoms with Crippen LogP contribution in [0.3, 0.4) is 0 Å². The standard InChI is InChI=1S/C24H26N.ClH3O4/c1-23(2)21-17-11-12-18-22(21)24(25(23,3)4,19-13-7-5-8-14-19)20-15-9-6-10-16-20;2-1(3,4)5/h5-18H,1-4H3;2-4H/q+1;. The van der Waals surface area contributed by atoms with Gasteiger partial charge in [-0.1, -0.05) is 84.9 Å². The van der Waals surface area contributed by atoms with Crippen molar-refractivity contribution in [3.8, 4) is 0 Å². The van der Waals surface area contributed by atoms with E-state index in [-0.39, 0.29) is 11.1 Å². The van der Waals surface area contributed by atoms with Crippen LogP contribution in [0.4, 0.5) is 0 Å². The van der Waals surface area contributed by atoms with E-state index >= 15 is 0 Å². The quantitative estimate of drug-likeness (QED) is 0.545. The second-order valence-corrected chi connectivity index (χ2v) is 9.30. The summed E-state index contributed by atoms with van der Waals surface area (Å²) in [5, 5.41) is 0. The zero-order chi connectivity index (χ0) is 22.2. The molecule has 0 aromatic heterocycles. The fourth-order valence-electron chi connectivity index (χ4n) is 4.84. The third-order valence-corrected chi connectivity index (χ3v) is 6.60. The number of hydrogen-bond acceptors (Lipinski definition) is 4. The zero-order valence-electron chi connectivity index (χ0n) is 17.7. The summed E-state index contributed by atoms with van der Waals surface area (Å²) in [7, 11) is 0.556. The number of fused-ring (bicyclic) bond motifs is 1. The van der Waals surface area contributed by atoms with Gasteiger partial charge in [0, 0.05) is 22.3 Å². The maximum atomic E-state index is 8.83. The minimum atomic E-state index is -4.19. The first-order chi connectivity index (χ1) is 13.9. The van der Waals surface area contributed by atoms with Gasteiger partial charge in [0.05, 0.1) is 14.1 Å². The SMILES string of the molecule is CC1(C)c2ccccc2C(c2ccccc2)(c2ccccc2)[N+]1(C)C.[O-][Cl+](O)(O)O. The number of rotatable bonds is 2. The van der Waals surface area contributed by atoms with E-state index in [1.165, 1.54) is 22.3 Å². The predicted molar refractivity (Wildman–Crippen MR) is 111 cm³/mol. The van der Waals surface area contributed by atoms with Gasteiger partial charge in [0.1, 0.15) is 5.54 Å². The average molecular weight is 431 g/mol. The van der Waals surface area contributed by atoms with Gasteiger partial charge in [-0.15, -0.1) is 0 Å². The monoisotopic (exact) mass is 430 g/mol. The second-order valence-electron chi connectivity index (χ2n) is 8.43. The van der Waals surface area contributed by atoms with E-state index < -0.39 is 10.2 Å². The molecule has 0 unspecified atom stereocenters. The van der Waals surface area contributed by atoms with E-state index in [2.05, 4.69) is 113 Å². The van der Waals surface area contributed by atoms with Crippen LogP contribution in [-0.2, 0) is 11.1 Å². The van der Waals surface area contributed by atoms with E-state index in [1.54, 1.807) is 0 Å². The van der Waals surface area contributed by atoms with Gasteiger partial charge in [-0.2, -0.15) is 0 Å². The Morgan fingerprint density at radius 3 is 1.40 bits per heavy atom. The number of benzene rings is 3. The van der Waals surface area contributed by atoms with Gasteiger partial charge in [-0.25, -0.2) is 0 Å². The molecular weight excluding hydrogens is 402 g/mol. The Kier molecular flexibility index (Phi) is 5.82. The van der Waals surface area contributed by atoms with Crippen LogP contribution >= 0.6 is 0 Å². The molecule has 160 valence electrons. The molecule has 0 saturated heterocycles. The number of hydrogen-bond donors (Lipinski definition) is 3. The Balaban J connectivity index is 0.000000461. The Morgan fingerprint density at radius 2 is 1.00 bits per heavy atom. The molecule has 0 amide bonds. The first kappa shape index (κ1) is 22.4. The molecule has 1 heterocycles. The fourth-order valence-corrected chi connectivity index (χ4v) is 4.84. The van der Waals surface area contributed by atoms with Gasteiger partial charge in [-0.05, 0) is 13.8 Å². The normalized spacial score (nSPS) is 18.7. The number of nitrogens with zero attached hydrogens (tertiary/aromatic N) is 1. The van der Waals surface area contributed by atoms with Crippen molar-refractivity contribution in [2.75, 3.05) is 14.1 Å². The van der Waals surface area contributed by atoms with Gasteiger partial charge < -0.3 is 4.48 Å². The van der Waals surface area contributed by atoms with Gasteiger partial charge in [0.15, 0.2) is 5.54 Å². The van der Waals surface area contributed by atoms with Crippen LogP contribution in [0.1, 0.15) is 36.1 Å². The minimum absolute atomic E-state index is 0.00226. The van der Waals surface area contributed by atoms with E-state index in [0.29, 0.717) is 0 Å². The third-order valence-electron chi connectivity index (χ3n) is 6.60. The predicted octanol–water partition coefficient (Wildman–Crippen LogP) is 2.44. The van der Waals surface area contributed by atoms with Crippen LogP contribution in [0.25, 0.3) is 0 Å². The molecule has 1 aliphatic rings. The summed E-state index contributed by atoms with van der Waals surface area (Å²) in [5.74, 6) is 0. The first-order valence-electron chi connectivity index (χ1n) is 9.65. The van der Waals surface area contributed by atoms with Gasteiger partial charge in [-0.3, -0.25) is 0 Å².